The summed E-state index contributed by atoms with van der Waals surface area (Å²) in [5, 5.41) is 0.397. The lowest BCUT2D eigenvalue weighted by Crippen LogP contribution is -2.37. The van der Waals surface area contributed by atoms with Crippen molar-refractivity contribution in [2.24, 2.45) is 0 Å². The van der Waals surface area contributed by atoms with Crippen molar-refractivity contribution in [3.05, 3.63) is 28.8 Å². The average Bonchev–Trinajstić information content (AvgIpc) is 2.41. The summed E-state index contributed by atoms with van der Waals surface area (Å²) >= 11 is 5.83. The van der Waals surface area contributed by atoms with Crippen molar-refractivity contribution in [2.75, 3.05) is 25.4 Å². The second-order valence-corrected chi connectivity index (χ2v) is 4.68. The van der Waals surface area contributed by atoms with E-state index in [1.165, 1.54) is 11.0 Å². The summed E-state index contributed by atoms with van der Waals surface area (Å²) in [7, 11) is 0. The Kier molecular flexibility index (Phi) is 6.31. The van der Waals surface area contributed by atoms with Gasteiger partial charge in [-0.3, -0.25) is 9.59 Å². The molecule has 1 aromatic carbocycles. The van der Waals surface area contributed by atoms with Crippen LogP contribution < -0.4 is 5.73 Å². The number of nitrogen functional groups attached to an aromatic ring is 1. The van der Waals surface area contributed by atoms with Gasteiger partial charge in [0.2, 0.25) is 0 Å². The zero-order valence-corrected chi connectivity index (χ0v) is 12.4. The minimum absolute atomic E-state index is 0.0664. The first-order chi connectivity index (χ1) is 9.49. The molecule has 0 atom stereocenters. The lowest BCUT2D eigenvalue weighted by molar-refractivity contribution is -0.143. The fraction of sp³-hybridized carbons (Fsp3) is 0.429. The highest BCUT2D eigenvalue weighted by atomic mass is 35.5. The molecule has 110 valence electrons. The zero-order valence-electron chi connectivity index (χ0n) is 11.7. The lowest BCUT2D eigenvalue weighted by atomic mass is 10.1. The second kappa shape index (κ2) is 7.75. The van der Waals surface area contributed by atoms with Crippen LogP contribution in [0.25, 0.3) is 0 Å². The van der Waals surface area contributed by atoms with E-state index in [-0.39, 0.29) is 12.5 Å². The molecule has 0 saturated carbocycles. The van der Waals surface area contributed by atoms with Gasteiger partial charge in [0.1, 0.15) is 6.54 Å². The Bertz CT molecular complexity index is 491. The van der Waals surface area contributed by atoms with Gasteiger partial charge in [-0.05, 0) is 31.5 Å². The van der Waals surface area contributed by atoms with Crippen LogP contribution in [0.5, 0.6) is 0 Å². The summed E-state index contributed by atoms with van der Waals surface area (Å²) in [6, 6.07) is 4.67. The number of hydrogen-bond acceptors (Lipinski definition) is 4. The standard InChI is InChI=1S/C14H19ClN2O3/c1-3-7-17(9-13(18)20-4-2)14(19)10-5-6-11(15)12(16)8-10/h5-6,8H,3-4,7,9,16H2,1-2H3. The number of esters is 1. The molecule has 0 saturated heterocycles. The van der Waals surface area contributed by atoms with E-state index in [4.69, 9.17) is 22.1 Å². The van der Waals surface area contributed by atoms with Gasteiger partial charge in [0, 0.05) is 12.1 Å². The first kappa shape index (κ1) is 16.3. The molecule has 0 spiro atoms. The quantitative estimate of drug-likeness (QED) is 0.646. The zero-order chi connectivity index (χ0) is 15.1. The smallest absolute Gasteiger partial charge is 0.325 e. The first-order valence-electron chi connectivity index (χ1n) is 6.49. The highest BCUT2D eigenvalue weighted by Gasteiger charge is 2.19. The highest BCUT2D eigenvalue weighted by Crippen LogP contribution is 2.20. The Labute approximate surface area is 123 Å². The van der Waals surface area contributed by atoms with Crippen LogP contribution in [0.3, 0.4) is 0 Å². The molecule has 6 heteroatoms. The Morgan fingerprint density at radius 1 is 1.35 bits per heavy atom. The highest BCUT2D eigenvalue weighted by molar-refractivity contribution is 6.33. The van der Waals surface area contributed by atoms with E-state index < -0.39 is 5.97 Å². The molecule has 0 fully saturated rings. The monoisotopic (exact) mass is 298 g/mol. The maximum Gasteiger partial charge on any atom is 0.325 e. The van der Waals surface area contributed by atoms with Crippen molar-refractivity contribution in [2.45, 2.75) is 20.3 Å². The van der Waals surface area contributed by atoms with Gasteiger partial charge in [-0.2, -0.15) is 0 Å². The van der Waals surface area contributed by atoms with E-state index in [1.807, 2.05) is 6.92 Å². The van der Waals surface area contributed by atoms with Crippen molar-refractivity contribution < 1.29 is 14.3 Å². The molecule has 0 aliphatic heterocycles. The van der Waals surface area contributed by atoms with Gasteiger partial charge in [0.15, 0.2) is 0 Å². The summed E-state index contributed by atoms with van der Waals surface area (Å²) in [5.74, 6) is -0.681. The molecule has 1 aromatic rings. The number of carbonyl (C=O) groups is 2. The van der Waals surface area contributed by atoms with E-state index in [9.17, 15) is 9.59 Å². The molecule has 2 N–H and O–H groups in total. The maximum absolute atomic E-state index is 12.4. The van der Waals surface area contributed by atoms with Crippen molar-refractivity contribution in [1.29, 1.82) is 0 Å². The van der Waals surface area contributed by atoms with Crippen molar-refractivity contribution in [1.82, 2.24) is 4.90 Å². The maximum atomic E-state index is 12.4. The van der Waals surface area contributed by atoms with Crippen molar-refractivity contribution >= 4 is 29.2 Å². The SMILES string of the molecule is CCCN(CC(=O)OCC)C(=O)c1ccc(Cl)c(N)c1. The molecular formula is C14H19ClN2O3. The Balaban J connectivity index is 2.87. The van der Waals surface area contributed by atoms with Crippen molar-refractivity contribution in [3.63, 3.8) is 0 Å². The molecule has 1 rings (SSSR count). The summed E-state index contributed by atoms with van der Waals surface area (Å²) in [6.45, 7) is 4.36. The Hall–Kier alpha value is -1.75. The average molecular weight is 299 g/mol. The number of ether oxygens (including phenoxy) is 1. The summed E-state index contributed by atoms with van der Waals surface area (Å²) < 4.78 is 4.87. The van der Waals surface area contributed by atoms with Crippen LogP contribution in [-0.2, 0) is 9.53 Å². The van der Waals surface area contributed by atoms with Gasteiger partial charge in [-0.1, -0.05) is 18.5 Å². The largest absolute Gasteiger partial charge is 0.465 e. The number of amides is 1. The molecule has 0 unspecified atom stereocenters. The third kappa shape index (κ3) is 4.42. The van der Waals surface area contributed by atoms with Gasteiger partial charge < -0.3 is 15.4 Å². The van der Waals surface area contributed by atoms with Gasteiger partial charge in [-0.25, -0.2) is 0 Å². The molecule has 0 aromatic heterocycles. The molecule has 0 bridgehead atoms. The predicted octanol–water partition coefficient (Wildman–Crippen LogP) is 2.34. The number of halogens is 1. The first-order valence-corrected chi connectivity index (χ1v) is 6.87. The van der Waals surface area contributed by atoms with E-state index in [1.54, 1.807) is 19.1 Å². The van der Waals surface area contributed by atoms with E-state index in [0.717, 1.165) is 6.42 Å². The number of rotatable bonds is 6. The molecule has 1 amide bonds. The minimum Gasteiger partial charge on any atom is -0.465 e. The normalized spacial score (nSPS) is 10.2. The fourth-order valence-corrected chi connectivity index (χ4v) is 1.86. The topological polar surface area (TPSA) is 72.6 Å². The van der Waals surface area contributed by atoms with E-state index >= 15 is 0 Å². The number of nitrogens with zero attached hydrogens (tertiary/aromatic N) is 1. The van der Waals surface area contributed by atoms with Gasteiger partial charge >= 0.3 is 5.97 Å². The third-order valence-electron chi connectivity index (χ3n) is 2.65. The molecule has 0 aliphatic rings. The van der Waals surface area contributed by atoms with E-state index in [0.29, 0.717) is 29.4 Å². The van der Waals surface area contributed by atoms with Gasteiger partial charge in [0.25, 0.3) is 5.91 Å². The van der Waals surface area contributed by atoms with Crippen LogP contribution in [-0.4, -0.2) is 36.5 Å². The predicted molar refractivity (Wildman–Crippen MR) is 78.7 cm³/mol. The lowest BCUT2D eigenvalue weighted by Gasteiger charge is -2.21. The Morgan fingerprint density at radius 3 is 2.60 bits per heavy atom. The van der Waals surface area contributed by atoms with Crippen molar-refractivity contribution in [3.8, 4) is 0 Å². The molecule has 0 radical (unpaired) electrons. The summed E-state index contributed by atoms with van der Waals surface area (Å²) in [6.07, 6.45) is 0.744. The fourth-order valence-electron chi connectivity index (χ4n) is 1.74. The third-order valence-corrected chi connectivity index (χ3v) is 2.99. The van der Waals surface area contributed by atoms with Crippen LogP contribution in [0.15, 0.2) is 18.2 Å². The molecule has 5 nitrogen and oxygen atoms in total. The minimum atomic E-state index is -0.420. The Morgan fingerprint density at radius 2 is 2.05 bits per heavy atom. The van der Waals surface area contributed by atoms with Crippen LogP contribution >= 0.6 is 11.6 Å². The van der Waals surface area contributed by atoms with Gasteiger partial charge in [-0.15, -0.1) is 0 Å². The summed E-state index contributed by atoms with van der Waals surface area (Å²) in [4.78, 5) is 25.3. The number of nitrogens with two attached hydrogens (primary N) is 1. The molecule has 20 heavy (non-hydrogen) atoms. The second-order valence-electron chi connectivity index (χ2n) is 4.27. The summed E-state index contributed by atoms with van der Waals surface area (Å²) in [5.41, 5.74) is 6.43. The number of anilines is 1. The van der Waals surface area contributed by atoms with Crippen LogP contribution in [0.1, 0.15) is 30.6 Å². The van der Waals surface area contributed by atoms with Crippen LogP contribution in [0.2, 0.25) is 5.02 Å². The number of benzene rings is 1. The number of carbonyl (C=O) groups excluding carboxylic acids is 2. The van der Waals surface area contributed by atoms with Crippen LogP contribution in [0.4, 0.5) is 5.69 Å². The van der Waals surface area contributed by atoms with E-state index in [2.05, 4.69) is 0 Å². The molecule has 0 heterocycles. The number of hydrogen-bond donors (Lipinski definition) is 1. The van der Waals surface area contributed by atoms with Gasteiger partial charge in [0.05, 0.1) is 17.3 Å². The molecular weight excluding hydrogens is 280 g/mol. The van der Waals surface area contributed by atoms with Crippen LogP contribution in [0, 0.1) is 0 Å². The molecule has 0 aliphatic carbocycles.